The fraction of sp³-hybridized carbons (Fsp3) is 0.375. The number of benzene rings is 2. The second-order valence-electron chi connectivity index (χ2n) is 8.63. The van der Waals surface area contributed by atoms with Gasteiger partial charge in [-0.15, -0.1) is 0 Å². The third kappa shape index (κ3) is 4.30. The fourth-order valence-electron chi connectivity index (χ4n) is 4.40. The van der Waals surface area contributed by atoms with Gasteiger partial charge in [0.15, 0.2) is 0 Å². The molecule has 2 heterocycles. The Hall–Kier alpha value is -3.24. The van der Waals surface area contributed by atoms with Crippen molar-refractivity contribution < 1.29 is 22.8 Å². The molecule has 10 heteroatoms. The lowest BCUT2D eigenvalue weighted by Gasteiger charge is -2.26. The summed E-state index contributed by atoms with van der Waals surface area (Å²) < 4.78 is 27.0. The quantitative estimate of drug-likeness (QED) is 0.586. The van der Waals surface area contributed by atoms with Crippen molar-refractivity contribution in [3.05, 3.63) is 59.7 Å². The van der Waals surface area contributed by atoms with E-state index in [1.165, 1.54) is 16.4 Å². The first-order chi connectivity index (χ1) is 16.2. The van der Waals surface area contributed by atoms with Gasteiger partial charge in [-0.1, -0.05) is 42.8 Å². The molecule has 0 bridgehead atoms. The van der Waals surface area contributed by atoms with Crippen LogP contribution in [-0.4, -0.2) is 55.1 Å². The zero-order valence-electron chi connectivity index (χ0n) is 19.2. The van der Waals surface area contributed by atoms with Gasteiger partial charge in [0.2, 0.25) is 15.9 Å². The molecule has 2 aliphatic heterocycles. The molecule has 2 aromatic carbocycles. The van der Waals surface area contributed by atoms with E-state index in [9.17, 15) is 22.8 Å². The summed E-state index contributed by atoms with van der Waals surface area (Å²) in [5, 5.41) is 5.36. The normalized spacial score (nSPS) is 21.1. The van der Waals surface area contributed by atoms with E-state index < -0.39 is 40.0 Å². The van der Waals surface area contributed by atoms with Gasteiger partial charge in [0.1, 0.15) is 12.1 Å². The van der Waals surface area contributed by atoms with Crippen molar-refractivity contribution >= 4 is 33.6 Å². The molecule has 0 saturated carbocycles. The SMILES string of the molecule is CC[C@@]1(c2ccc(C)cc2)NC(=O)N(CC(=O)Nc2cccc(S(=O)(=O)N3CCCC3)c2)C1=O. The minimum atomic E-state index is -3.64. The van der Waals surface area contributed by atoms with Gasteiger partial charge in [-0.25, -0.2) is 13.2 Å². The zero-order chi connectivity index (χ0) is 24.5. The van der Waals surface area contributed by atoms with Crippen molar-refractivity contribution in [1.82, 2.24) is 14.5 Å². The van der Waals surface area contributed by atoms with Crippen LogP contribution in [0.15, 0.2) is 53.4 Å². The lowest BCUT2D eigenvalue weighted by molar-refractivity contribution is -0.134. The Labute approximate surface area is 199 Å². The molecule has 0 radical (unpaired) electrons. The number of carbonyl (C=O) groups excluding carboxylic acids is 3. The van der Waals surface area contributed by atoms with Crippen molar-refractivity contribution in [2.75, 3.05) is 25.0 Å². The number of nitrogens with one attached hydrogen (secondary N) is 2. The van der Waals surface area contributed by atoms with Crippen LogP contribution in [0, 0.1) is 6.92 Å². The molecular weight excluding hydrogens is 456 g/mol. The van der Waals surface area contributed by atoms with Crippen LogP contribution in [0.5, 0.6) is 0 Å². The third-order valence-corrected chi connectivity index (χ3v) is 8.27. The van der Waals surface area contributed by atoms with Gasteiger partial charge in [0.25, 0.3) is 5.91 Å². The van der Waals surface area contributed by atoms with Gasteiger partial charge in [-0.05, 0) is 49.9 Å². The van der Waals surface area contributed by atoms with Crippen molar-refractivity contribution in [2.45, 2.75) is 43.5 Å². The van der Waals surface area contributed by atoms with Crippen LogP contribution in [0.3, 0.4) is 0 Å². The molecule has 0 aliphatic carbocycles. The van der Waals surface area contributed by atoms with Gasteiger partial charge in [-0.3, -0.25) is 14.5 Å². The average Bonchev–Trinajstić information content (AvgIpc) is 3.44. The van der Waals surface area contributed by atoms with Crippen molar-refractivity contribution in [3.63, 3.8) is 0 Å². The summed E-state index contributed by atoms with van der Waals surface area (Å²) in [5.74, 6) is -1.10. The molecule has 2 fully saturated rings. The number of hydrogen-bond acceptors (Lipinski definition) is 5. The van der Waals surface area contributed by atoms with Crippen molar-refractivity contribution in [3.8, 4) is 0 Å². The second-order valence-corrected chi connectivity index (χ2v) is 10.6. The van der Waals surface area contributed by atoms with E-state index in [2.05, 4.69) is 10.6 Å². The average molecular weight is 485 g/mol. The number of rotatable bonds is 7. The molecule has 2 N–H and O–H groups in total. The molecule has 2 aromatic rings. The molecule has 1 atom stereocenters. The summed E-state index contributed by atoms with van der Waals surface area (Å²) in [7, 11) is -3.64. The first-order valence-electron chi connectivity index (χ1n) is 11.3. The molecule has 34 heavy (non-hydrogen) atoms. The Bertz CT molecular complexity index is 1220. The number of aryl methyl sites for hydroxylation is 1. The summed E-state index contributed by atoms with van der Waals surface area (Å²) in [5.41, 5.74) is 0.727. The van der Waals surface area contributed by atoms with Crippen LogP contribution < -0.4 is 10.6 Å². The Balaban J connectivity index is 1.49. The maximum atomic E-state index is 13.3. The van der Waals surface area contributed by atoms with E-state index in [1.807, 2.05) is 19.1 Å². The standard InChI is InChI=1S/C24H28N4O5S/c1-3-24(18-11-9-17(2)10-12-18)22(30)28(23(31)26-24)16-21(29)25-19-7-6-8-20(15-19)34(32,33)27-13-4-5-14-27/h6-12,15H,3-5,13-14,16H2,1-2H3,(H,25,29)(H,26,31)/t24-/m0/s1. The highest BCUT2D eigenvalue weighted by Crippen LogP contribution is 2.32. The smallest absolute Gasteiger partial charge is 0.324 e. The van der Waals surface area contributed by atoms with E-state index in [-0.39, 0.29) is 10.6 Å². The molecule has 0 spiro atoms. The summed E-state index contributed by atoms with van der Waals surface area (Å²) in [6.07, 6.45) is 1.97. The molecule has 0 unspecified atom stereocenters. The predicted octanol–water partition coefficient (Wildman–Crippen LogP) is 2.58. The lowest BCUT2D eigenvalue weighted by atomic mass is 9.87. The molecule has 9 nitrogen and oxygen atoms in total. The first-order valence-corrected chi connectivity index (χ1v) is 12.7. The fourth-order valence-corrected chi connectivity index (χ4v) is 5.97. The minimum absolute atomic E-state index is 0.0894. The number of carbonyl (C=O) groups is 3. The van der Waals surface area contributed by atoms with Gasteiger partial charge < -0.3 is 10.6 Å². The van der Waals surface area contributed by atoms with Gasteiger partial charge in [0.05, 0.1) is 4.90 Å². The van der Waals surface area contributed by atoms with Crippen LogP contribution >= 0.6 is 0 Å². The summed E-state index contributed by atoms with van der Waals surface area (Å²) in [6.45, 7) is 4.20. The van der Waals surface area contributed by atoms with Crippen LogP contribution in [0.2, 0.25) is 0 Å². The summed E-state index contributed by atoms with van der Waals surface area (Å²) >= 11 is 0. The van der Waals surface area contributed by atoms with E-state index in [0.717, 1.165) is 23.3 Å². The van der Waals surface area contributed by atoms with E-state index in [0.29, 0.717) is 25.1 Å². The maximum Gasteiger partial charge on any atom is 0.325 e. The third-order valence-electron chi connectivity index (χ3n) is 6.37. The molecule has 2 saturated heterocycles. The second kappa shape index (κ2) is 9.19. The molecule has 2 aliphatic rings. The molecule has 0 aromatic heterocycles. The Kier molecular flexibility index (Phi) is 6.46. The highest BCUT2D eigenvalue weighted by atomic mass is 32.2. The number of sulfonamides is 1. The van der Waals surface area contributed by atoms with E-state index in [4.69, 9.17) is 0 Å². The van der Waals surface area contributed by atoms with Crippen LogP contribution in [0.1, 0.15) is 37.3 Å². The zero-order valence-corrected chi connectivity index (χ0v) is 20.0. The lowest BCUT2D eigenvalue weighted by Crippen LogP contribution is -2.44. The summed E-state index contributed by atoms with van der Waals surface area (Å²) in [4.78, 5) is 39.6. The van der Waals surface area contributed by atoms with Gasteiger partial charge in [0, 0.05) is 18.8 Å². The van der Waals surface area contributed by atoms with Crippen LogP contribution in [-0.2, 0) is 25.2 Å². The highest BCUT2D eigenvalue weighted by molar-refractivity contribution is 7.89. The predicted molar refractivity (Wildman–Crippen MR) is 126 cm³/mol. The molecular formula is C24H28N4O5S. The number of anilines is 1. The van der Waals surface area contributed by atoms with Crippen molar-refractivity contribution in [2.24, 2.45) is 0 Å². The number of imide groups is 1. The maximum absolute atomic E-state index is 13.3. The van der Waals surface area contributed by atoms with Crippen molar-refractivity contribution in [1.29, 1.82) is 0 Å². The number of urea groups is 1. The number of amides is 4. The van der Waals surface area contributed by atoms with E-state index in [1.54, 1.807) is 31.2 Å². The Morgan fingerprint density at radius 1 is 1.09 bits per heavy atom. The molecule has 180 valence electrons. The van der Waals surface area contributed by atoms with Gasteiger partial charge in [-0.2, -0.15) is 4.31 Å². The highest BCUT2D eigenvalue weighted by Gasteiger charge is 2.51. The largest absolute Gasteiger partial charge is 0.325 e. The topological polar surface area (TPSA) is 116 Å². The minimum Gasteiger partial charge on any atom is -0.324 e. The van der Waals surface area contributed by atoms with Gasteiger partial charge >= 0.3 is 6.03 Å². The molecule has 4 amide bonds. The van der Waals surface area contributed by atoms with E-state index >= 15 is 0 Å². The monoisotopic (exact) mass is 484 g/mol. The number of nitrogens with zero attached hydrogens (tertiary/aromatic N) is 2. The Morgan fingerprint density at radius 2 is 1.76 bits per heavy atom. The number of hydrogen-bond donors (Lipinski definition) is 2. The van der Waals surface area contributed by atoms with Crippen LogP contribution in [0.25, 0.3) is 0 Å². The molecule has 4 rings (SSSR count). The van der Waals surface area contributed by atoms with Crippen LogP contribution in [0.4, 0.5) is 10.5 Å². The Morgan fingerprint density at radius 3 is 2.41 bits per heavy atom. The first kappa shape index (κ1) is 23.9. The summed E-state index contributed by atoms with van der Waals surface area (Å²) in [6, 6.07) is 12.7.